The molecule has 0 saturated carbocycles. The number of hydrogen-bond acceptors (Lipinski definition) is 8. The number of aliphatic hydroxyl groups excluding tert-OH is 5. The Morgan fingerprint density at radius 2 is 0.727 bits per heavy atom. The van der Waals surface area contributed by atoms with E-state index in [0.717, 1.165) is 38.5 Å². The van der Waals surface area contributed by atoms with Crippen molar-refractivity contribution in [2.24, 2.45) is 0 Å². The number of nitrogens with one attached hydrogen (secondary N) is 1. The topological polar surface area (TPSA) is 149 Å². The van der Waals surface area contributed by atoms with E-state index in [1.165, 1.54) is 295 Å². The molecule has 9 nitrogen and oxygen atoms in total. The van der Waals surface area contributed by atoms with E-state index in [0.29, 0.717) is 12.8 Å². The molecular weight excluding hydrogens is 959 g/mol. The monoisotopic (exact) mass is 1090 g/mol. The third-order valence-corrected chi connectivity index (χ3v) is 16.9. The number of unbranched alkanes of at least 4 members (excludes halogenated alkanes) is 49. The number of ether oxygens (including phenoxy) is 2. The lowest BCUT2D eigenvalue weighted by Crippen LogP contribution is -2.60. The zero-order valence-corrected chi connectivity index (χ0v) is 51.3. The van der Waals surface area contributed by atoms with E-state index >= 15 is 0 Å². The van der Waals surface area contributed by atoms with Gasteiger partial charge >= 0.3 is 0 Å². The van der Waals surface area contributed by atoms with Gasteiger partial charge in [-0.15, -0.1) is 0 Å². The molecule has 7 unspecified atom stereocenters. The second-order valence-electron chi connectivity index (χ2n) is 24.3. The summed E-state index contributed by atoms with van der Waals surface area (Å²) in [4.78, 5) is 13.1. The molecule has 1 amide bonds. The second kappa shape index (κ2) is 58.1. The van der Waals surface area contributed by atoms with Gasteiger partial charge in [-0.05, 0) is 38.5 Å². The largest absolute Gasteiger partial charge is 0.394 e. The smallest absolute Gasteiger partial charge is 0.220 e. The molecule has 1 saturated heterocycles. The molecule has 0 aromatic carbocycles. The van der Waals surface area contributed by atoms with E-state index in [-0.39, 0.29) is 12.5 Å². The summed E-state index contributed by atoms with van der Waals surface area (Å²) < 4.78 is 11.4. The molecule has 6 N–H and O–H groups in total. The average Bonchev–Trinajstić information content (AvgIpc) is 3.43. The molecule has 7 atom stereocenters. The second-order valence-corrected chi connectivity index (χ2v) is 24.3. The van der Waals surface area contributed by atoms with E-state index in [1.54, 1.807) is 0 Å². The van der Waals surface area contributed by atoms with Crippen molar-refractivity contribution in [2.75, 3.05) is 13.2 Å². The number of allylic oxidation sites excluding steroid dienone is 2. The number of hydrogen-bond donors (Lipinski definition) is 6. The van der Waals surface area contributed by atoms with Crippen molar-refractivity contribution in [3.05, 3.63) is 12.2 Å². The lowest BCUT2D eigenvalue weighted by molar-refractivity contribution is -0.302. The third kappa shape index (κ3) is 47.2. The minimum Gasteiger partial charge on any atom is -0.394 e. The van der Waals surface area contributed by atoms with Crippen LogP contribution in [0.25, 0.3) is 0 Å². The van der Waals surface area contributed by atoms with Crippen LogP contribution in [0.4, 0.5) is 0 Å². The van der Waals surface area contributed by atoms with Gasteiger partial charge in [0.2, 0.25) is 5.91 Å². The number of aliphatic hydroxyl groups is 5. The molecule has 458 valence electrons. The maximum atomic E-state index is 13.1. The van der Waals surface area contributed by atoms with Crippen LogP contribution in [-0.4, -0.2) is 87.5 Å². The van der Waals surface area contributed by atoms with E-state index in [4.69, 9.17) is 9.47 Å². The fourth-order valence-corrected chi connectivity index (χ4v) is 11.5. The summed E-state index contributed by atoms with van der Waals surface area (Å²) in [6.07, 6.45) is 67.0. The molecule has 1 aliphatic heterocycles. The first-order chi connectivity index (χ1) is 37.8. The highest BCUT2D eigenvalue weighted by Crippen LogP contribution is 2.24. The Bertz CT molecular complexity index is 1220. The maximum absolute atomic E-state index is 13.1. The van der Waals surface area contributed by atoms with E-state index < -0.39 is 49.5 Å². The van der Waals surface area contributed by atoms with Crippen LogP contribution in [0.2, 0.25) is 0 Å². The summed E-state index contributed by atoms with van der Waals surface area (Å²) in [5.74, 6) is -0.135. The summed E-state index contributed by atoms with van der Waals surface area (Å²) in [5.41, 5.74) is 0. The zero-order chi connectivity index (χ0) is 55.8. The normalized spacial score (nSPS) is 18.7. The van der Waals surface area contributed by atoms with Crippen molar-refractivity contribution >= 4 is 5.91 Å². The zero-order valence-electron chi connectivity index (χ0n) is 51.3. The molecule has 0 aromatic heterocycles. The summed E-state index contributed by atoms with van der Waals surface area (Å²) in [5, 5.41) is 54.9. The molecule has 1 heterocycles. The van der Waals surface area contributed by atoms with Crippen molar-refractivity contribution in [2.45, 2.75) is 403 Å². The Kier molecular flexibility index (Phi) is 55.8. The first-order valence-electron chi connectivity index (χ1n) is 34.4. The quantitative estimate of drug-likeness (QED) is 0.0261. The van der Waals surface area contributed by atoms with Crippen LogP contribution in [0.5, 0.6) is 0 Å². The Morgan fingerprint density at radius 3 is 1.05 bits per heavy atom. The van der Waals surface area contributed by atoms with Gasteiger partial charge in [-0.2, -0.15) is 0 Å². The van der Waals surface area contributed by atoms with Gasteiger partial charge < -0.3 is 40.3 Å². The van der Waals surface area contributed by atoms with Crippen LogP contribution >= 0.6 is 0 Å². The summed E-state index contributed by atoms with van der Waals surface area (Å²) in [6.45, 7) is 3.90. The van der Waals surface area contributed by atoms with Crippen molar-refractivity contribution in [1.82, 2.24) is 5.32 Å². The molecule has 0 bridgehead atoms. The first-order valence-corrected chi connectivity index (χ1v) is 34.4. The molecule has 1 aliphatic rings. The van der Waals surface area contributed by atoms with Gasteiger partial charge in [-0.25, -0.2) is 0 Å². The predicted octanol–water partition coefficient (Wildman–Crippen LogP) is 18.3. The van der Waals surface area contributed by atoms with Gasteiger partial charge in [0.1, 0.15) is 24.4 Å². The standard InChI is InChI=1S/C68H133NO8/c1-3-5-7-9-11-13-15-17-19-21-23-25-27-29-30-31-32-34-36-38-40-42-44-46-48-50-52-54-56-58-64(72)69-61(60-76-68-67(75)66(74)65(73)63(59-70)77-68)62(71)57-55-53-51-49-47-45-43-41-39-37-35-33-28-26-24-22-20-18-16-14-12-10-8-6-4-2/h21,23,61-63,65-68,70-71,73-75H,3-20,22,24-60H2,1-2H3,(H,69,72)/b23-21-. The Balaban J connectivity index is 2.11. The van der Waals surface area contributed by atoms with Crippen molar-refractivity contribution < 1.29 is 39.8 Å². The highest BCUT2D eigenvalue weighted by Gasteiger charge is 2.44. The van der Waals surface area contributed by atoms with Crippen LogP contribution in [0.3, 0.4) is 0 Å². The third-order valence-electron chi connectivity index (χ3n) is 16.9. The van der Waals surface area contributed by atoms with Crippen LogP contribution in [0.1, 0.15) is 361 Å². The molecule has 1 rings (SSSR count). The fraction of sp³-hybridized carbons (Fsp3) is 0.956. The fourth-order valence-electron chi connectivity index (χ4n) is 11.5. The molecule has 0 aromatic rings. The lowest BCUT2D eigenvalue weighted by atomic mass is 9.99. The van der Waals surface area contributed by atoms with Gasteiger partial charge in [0, 0.05) is 6.42 Å². The molecular formula is C68H133NO8. The summed E-state index contributed by atoms with van der Waals surface area (Å²) >= 11 is 0. The van der Waals surface area contributed by atoms with Gasteiger partial charge in [-0.3, -0.25) is 4.79 Å². The highest BCUT2D eigenvalue weighted by atomic mass is 16.7. The minimum atomic E-state index is -1.55. The number of rotatable bonds is 61. The number of carbonyl (C=O) groups excluding carboxylic acids is 1. The molecule has 77 heavy (non-hydrogen) atoms. The first kappa shape index (κ1) is 73.9. The molecule has 0 spiro atoms. The van der Waals surface area contributed by atoms with Gasteiger partial charge in [0.25, 0.3) is 0 Å². The Labute approximate surface area is 477 Å². The van der Waals surface area contributed by atoms with Gasteiger partial charge in [-0.1, -0.05) is 328 Å². The SMILES string of the molecule is CCCCCCCCCC/C=C\CCCCCCCCCCCCCCCCCCCC(=O)NC(COC1OC(CO)C(O)C(O)C1O)C(O)CCCCCCCCCCCCCCCCCCCCCCCCCCC. The summed E-state index contributed by atoms with van der Waals surface area (Å²) in [6, 6.07) is -0.717. The van der Waals surface area contributed by atoms with Crippen molar-refractivity contribution in [3.63, 3.8) is 0 Å². The van der Waals surface area contributed by atoms with Crippen molar-refractivity contribution in [1.29, 1.82) is 0 Å². The van der Waals surface area contributed by atoms with Crippen LogP contribution < -0.4 is 5.32 Å². The van der Waals surface area contributed by atoms with Gasteiger partial charge in [0.15, 0.2) is 6.29 Å². The molecule has 0 radical (unpaired) electrons. The lowest BCUT2D eigenvalue weighted by Gasteiger charge is -2.40. The van der Waals surface area contributed by atoms with Crippen LogP contribution in [0.15, 0.2) is 12.2 Å². The highest BCUT2D eigenvalue weighted by molar-refractivity contribution is 5.76. The maximum Gasteiger partial charge on any atom is 0.220 e. The predicted molar refractivity (Wildman–Crippen MR) is 327 cm³/mol. The minimum absolute atomic E-state index is 0.132. The van der Waals surface area contributed by atoms with Crippen molar-refractivity contribution in [3.8, 4) is 0 Å². The molecule has 9 heteroatoms. The Hall–Kier alpha value is -1.07. The van der Waals surface area contributed by atoms with Crippen LogP contribution in [0, 0.1) is 0 Å². The van der Waals surface area contributed by atoms with E-state index in [9.17, 15) is 30.3 Å². The average molecular weight is 1090 g/mol. The molecule has 0 aliphatic carbocycles. The summed E-state index contributed by atoms with van der Waals surface area (Å²) in [7, 11) is 0. The molecule has 1 fully saturated rings. The van der Waals surface area contributed by atoms with Gasteiger partial charge in [0.05, 0.1) is 25.4 Å². The van der Waals surface area contributed by atoms with Crippen LogP contribution in [-0.2, 0) is 14.3 Å². The van der Waals surface area contributed by atoms with E-state index in [2.05, 4.69) is 31.3 Å². The number of carbonyl (C=O) groups is 1. The Morgan fingerprint density at radius 1 is 0.429 bits per heavy atom. The number of amides is 1. The van der Waals surface area contributed by atoms with E-state index in [1.807, 2.05) is 0 Å².